The van der Waals surface area contributed by atoms with E-state index in [0.717, 1.165) is 5.56 Å². The number of nitrogens with zero attached hydrogens (tertiary/aromatic N) is 2. The zero-order valence-electron chi connectivity index (χ0n) is 17.8. The molecule has 1 aliphatic heterocycles. The van der Waals surface area contributed by atoms with Crippen LogP contribution >= 0.6 is 11.6 Å². The fourth-order valence-corrected chi connectivity index (χ4v) is 4.35. The van der Waals surface area contributed by atoms with Gasteiger partial charge in [-0.2, -0.15) is 0 Å². The summed E-state index contributed by atoms with van der Waals surface area (Å²) in [6.45, 7) is 4.10. The first-order chi connectivity index (χ1) is 14.8. The van der Waals surface area contributed by atoms with E-state index >= 15 is 0 Å². The van der Waals surface area contributed by atoms with Gasteiger partial charge in [0.25, 0.3) is 0 Å². The molecule has 166 valence electrons. The van der Waals surface area contributed by atoms with Gasteiger partial charge in [0, 0.05) is 31.1 Å². The third kappa shape index (κ3) is 4.98. The lowest BCUT2D eigenvalue weighted by Gasteiger charge is -2.29. The quantitative estimate of drug-likeness (QED) is 0.492. The molecule has 3 atom stereocenters. The lowest BCUT2D eigenvalue weighted by Crippen LogP contribution is -2.48. The van der Waals surface area contributed by atoms with Gasteiger partial charge in [0.05, 0.1) is 11.8 Å². The van der Waals surface area contributed by atoms with Crippen molar-refractivity contribution in [3.8, 4) is 0 Å². The first-order valence-corrected chi connectivity index (χ1v) is 11.0. The Morgan fingerprint density at radius 1 is 1.16 bits per heavy atom. The molecule has 2 aliphatic rings. The molecule has 0 aromatic heterocycles. The van der Waals surface area contributed by atoms with Crippen LogP contribution in [0.3, 0.4) is 0 Å². The highest BCUT2D eigenvalue weighted by molar-refractivity contribution is 6.31. The summed E-state index contributed by atoms with van der Waals surface area (Å²) in [5.74, 6) is -1.63. The summed E-state index contributed by atoms with van der Waals surface area (Å²) in [6.07, 6.45) is 4.94. The first-order valence-electron chi connectivity index (χ1n) is 10.7. The Bertz CT molecular complexity index is 875. The Balaban J connectivity index is 1.72. The Hall–Kier alpha value is -2.67. The van der Waals surface area contributed by atoms with E-state index in [2.05, 4.69) is 5.32 Å². The molecule has 1 aromatic rings. The molecule has 1 aliphatic carbocycles. The van der Waals surface area contributed by atoms with Crippen LogP contribution in [0.2, 0.25) is 5.02 Å². The van der Waals surface area contributed by atoms with E-state index in [1.54, 1.807) is 25.1 Å². The average Bonchev–Trinajstić information content (AvgIpc) is 3.01. The summed E-state index contributed by atoms with van der Waals surface area (Å²) in [7, 11) is 0. The standard InChI is InChI=1S/C23H28ClN3O4/c1-3-25-21(29)15(2)27(14-16-8-4-7-11-19(16)24)20(28)12-13-26-22(30)17-9-5-6-10-18(17)23(26)31/h4-8,11,15,17-18H,3,9-10,12-14H2,1-2H3,(H,25,29)/t15?,17-,18+. The van der Waals surface area contributed by atoms with Crippen molar-refractivity contribution in [2.45, 2.75) is 45.7 Å². The van der Waals surface area contributed by atoms with Crippen molar-refractivity contribution >= 4 is 35.2 Å². The predicted molar refractivity (Wildman–Crippen MR) is 117 cm³/mol. The van der Waals surface area contributed by atoms with Gasteiger partial charge in [0.2, 0.25) is 23.6 Å². The number of carbonyl (C=O) groups excluding carboxylic acids is 4. The fourth-order valence-electron chi connectivity index (χ4n) is 4.16. The third-order valence-electron chi connectivity index (χ3n) is 5.96. The molecule has 1 fully saturated rings. The van der Waals surface area contributed by atoms with E-state index in [-0.39, 0.29) is 55.0 Å². The van der Waals surface area contributed by atoms with Crippen molar-refractivity contribution < 1.29 is 19.2 Å². The minimum absolute atomic E-state index is 0.0185. The number of nitrogens with one attached hydrogen (secondary N) is 1. The molecule has 1 saturated heterocycles. The minimum Gasteiger partial charge on any atom is -0.355 e. The Morgan fingerprint density at radius 3 is 2.35 bits per heavy atom. The number of rotatable bonds is 8. The number of likely N-dealkylation sites (N-methyl/N-ethyl adjacent to an activating group) is 1. The van der Waals surface area contributed by atoms with E-state index in [9.17, 15) is 19.2 Å². The minimum atomic E-state index is -0.722. The van der Waals surface area contributed by atoms with Gasteiger partial charge in [-0.3, -0.25) is 24.1 Å². The normalized spacial score (nSPS) is 21.1. The Morgan fingerprint density at radius 2 is 1.77 bits per heavy atom. The lowest BCUT2D eigenvalue weighted by molar-refractivity contribution is -0.143. The summed E-state index contributed by atoms with van der Waals surface area (Å²) in [6, 6.07) is 6.43. The molecule has 0 spiro atoms. The van der Waals surface area contributed by atoms with Crippen LogP contribution in [0.15, 0.2) is 36.4 Å². The van der Waals surface area contributed by atoms with Crippen LogP contribution in [0.25, 0.3) is 0 Å². The topological polar surface area (TPSA) is 86.8 Å². The van der Waals surface area contributed by atoms with Crippen LogP contribution in [0.1, 0.15) is 38.7 Å². The number of carbonyl (C=O) groups is 4. The van der Waals surface area contributed by atoms with Gasteiger partial charge in [-0.25, -0.2) is 0 Å². The summed E-state index contributed by atoms with van der Waals surface area (Å²) in [5, 5.41) is 3.24. The van der Waals surface area contributed by atoms with Crippen LogP contribution < -0.4 is 5.32 Å². The Kier molecular flexibility index (Phi) is 7.49. The first kappa shape index (κ1) is 23.0. The summed E-state index contributed by atoms with van der Waals surface area (Å²) in [5.41, 5.74) is 0.721. The number of hydrogen-bond acceptors (Lipinski definition) is 4. The predicted octanol–water partition coefficient (Wildman–Crippen LogP) is 2.53. The highest BCUT2D eigenvalue weighted by Gasteiger charge is 2.47. The number of halogens is 1. The van der Waals surface area contributed by atoms with Gasteiger partial charge < -0.3 is 10.2 Å². The molecular formula is C23H28ClN3O4. The van der Waals surface area contributed by atoms with Crippen molar-refractivity contribution in [1.29, 1.82) is 0 Å². The van der Waals surface area contributed by atoms with E-state index in [4.69, 9.17) is 11.6 Å². The lowest BCUT2D eigenvalue weighted by atomic mass is 9.85. The van der Waals surface area contributed by atoms with Crippen LogP contribution in [0.5, 0.6) is 0 Å². The second-order valence-corrected chi connectivity index (χ2v) is 8.32. The van der Waals surface area contributed by atoms with Gasteiger partial charge in [-0.05, 0) is 38.3 Å². The number of fused-ring (bicyclic) bond motifs is 1. The van der Waals surface area contributed by atoms with Gasteiger partial charge in [-0.1, -0.05) is 42.0 Å². The molecule has 1 aromatic carbocycles. The van der Waals surface area contributed by atoms with Crippen LogP contribution in [-0.4, -0.2) is 52.6 Å². The SMILES string of the molecule is CCNC(=O)C(C)N(Cc1ccccc1Cl)C(=O)CCN1C(=O)[C@H]2CC=CC[C@H]2C1=O. The van der Waals surface area contributed by atoms with E-state index < -0.39 is 6.04 Å². The third-order valence-corrected chi connectivity index (χ3v) is 6.33. The van der Waals surface area contributed by atoms with Crippen molar-refractivity contribution in [2.24, 2.45) is 11.8 Å². The zero-order valence-corrected chi connectivity index (χ0v) is 18.6. The molecule has 0 saturated carbocycles. The second kappa shape index (κ2) is 10.1. The molecule has 4 amide bonds. The number of likely N-dealkylation sites (tertiary alicyclic amines) is 1. The van der Waals surface area contributed by atoms with Crippen LogP contribution in [0, 0.1) is 11.8 Å². The number of benzene rings is 1. The fraction of sp³-hybridized carbons (Fsp3) is 0.478. The molecule has 31 heavy (non-hydrogen) atoms. The smallest absolute Gasteiger partial charge is 0.242 e. The van der Waals surface area contributed by atoms with E-state index in [1.165, 1.54) is 9.80 Å². The number of amides is 4. The molecule has 7 nitrogen and oxygen atoms in total. The van der Waals surface area contributed by atoms with Crippen molar-refractivity contribution in [2.75, 3.05) is 13.1 Å². The van der Waals surface area contributed by atoms with Crippen molar-refractivity contribution in [1.82, 2.24) is 15.1 Å². The maximum atomic E-state index is 13.1. The molecular weight excluding hydrogens is 418 g/mol. The number of hydrogen-bond donors (Lipinski definition) is 1. The number of allylic oxidation sites excluding steroid dienone is 2. The highest BCUT2D eigenvalue weighted by Crippen LogP contribution is 2.35. The maximum Gasteiger partial charge on any atom is 0.242 e. The van der Waals surface area contributed by atoms with Crippen LogP contribution in [-0.2, 0) is 25.7 Å². The monoisotopic (exact) mass is 445 g/mol. The van der Waals surface area contributed by atoms with Gasteiger partial charge in [0.1, 0.15) is 6.04 Å². The van der Waals surface area contributed by atoms with Crippen LogP contribution in [0.4, 0.5) is 0 Å². The van der Waals surface area contributed by atoms with E-state index in [0.29, 0.717) is 24.4 Å². The van der Waals surface area contributed by atoms with Gasteiger partial charge in [-0.15, -0.1) is 0 Å². The second-order valence-electron chi connectivity index (χ2n) is 7.92. The molecule has 0 bridgehead atoms. The molecule has 1 N–H and O–H groups in total. The molecule has 1 unspecified atom stereocenters. The Labute approximate surface area is 187 Å². The van der Waals surface area contributed by atoms with Gasteiger partial charge >= 0.3 is 0 Å². The molecule has 0 radical (unpaired) electrons. The van der Waals surface area contributed by atoms with Gasteiger partial charge in [0.15, 0.2) is 0 Å². The summed E-state index contributed by atoms with van der Waals surface area (Å²) >= 11 is 6.27. The number of imide groups is 1. The summed E-state index contributed by atoms with van der Waals surface area (Å²) < 4.78 is 0. The van der Waals surface area contributed by atoms with E-state index in [1.807, 2.05) is 25.1 Å². The molecule has 8 heteroatoms. The average molecular weight is 446 g/mol. The van der Waals surface area contributed by atoms with Crippen molar-refractivity contribution in [3.05, 3.63) is 47.0 Å². The van der Waals surface area contributed by atoms with Crippen molar-refractivity contribution in [3.63, 3.8) is 0 Å². The zero-order chi connectivity index (χ0) is 22.5. The molecule has 3 rings (SSSR count). The summed E-state index contributed by atoms with van der Waals surface area (Å²) in [4.78, 5) is 53.6. The molecule has 1 heterocycles. The highest BCUT2D eigenvalue weighted by atomic mass is 35.5. The largest absolute Gasteiger partial charge is 0.355 e. The maximum absolute atomic E-state index is 13.1.